The fourth-order valence-electron chi connectivity index (χ4n) is 1.52. The van der Waals surface area contributed by atoms with E-state index in [1.807, 2.05) is 13.8 Å². The number of hydrogen-bond donors (Lipinski definition) is 2. The van der Waals surface area contributed by atoms with Crippen molar-refractivity contribution in [3.8, 4) is 0 Å². The summed E-state index contributed by atoms with van der Waals surface area (Å²) < 4.78 is 4.90. The molecule has 0 aliphatic carbocycles. The lowest BCUT2D eigenvalue weighted by atomic mass is 10.2. The zero-order valence-electron chi connectivity index (χ0n) is 12.3. The summed E-state index contributed by atoms with van der Waals surface area (Å²) in [4.78, 5) is 24.5. The van der Waals surface area contributed by atoms with Crippen molar-refractivity contribution in [3.63, 3.8) is 0 Å². The monoisotopic (exact) mass is 279 g/mol. The summed E-state index contributed by atoms with van der Waals surface area (Å²) in [5.41, 5.74) is 1.35. The number of anilines is 2. The number of amides is 3. The van der Waals surface area contributed by atoms with Gasteiger partial charge in [0, 0.05) is 24.5 Å². The van der Waals surface area contributed by atoms with E-state index < -0.39 is 6.09 Å². The second-order valence-corrected chi connectivity index (χ2v) is 4.56. The molecule has 0 fully saturated rings. The second-order valence-electron chi connectivity index (χ2n) is 4.56. The largest absolute Gasteiger partial charge is 0.449 e. The predicted molar refractivity (Wildman–Crippen MR) is 79.2 cm³/mol. The quantitative estimate of drug-likeness (QED) is 0.890. The Bertz CT molecular complexity index is 457. The molecule has 0 aliphatic rings. The van der Waals surface area contributed by atoms with Crippen molar-refractivity contribution in [2.24, 2.45) is 0 Å². The van der Waals surface area contributed by atoms with E-state index in [-0.39, 0.29) is 12.1 Å². The Morgan fingerprint density at radius 1 is 1.25 bits per heavy atom. The van der Waals surface area contributed by atoms with E-state index >= 15 is 0 Å². The molecule has 0 aromatic heterocycles. The number of hydrogen-bond acceptors (Lipinski definition) is 3. The Hall–Kier alpha value is -2.24. The molecule has 6 nitrogen and oxygen atoms in total. The minimum Gasteiger partial charge on any atom is -0.449 e. The zero-order chi connectivity index (χ0) is 15.1. The molecule has 3 amide bonds. The minimum absolute atomic E-state index is 0.0734. The lowest BCUT2D eigenvalue weighted by molar-refractivity contribution is 0.161. The maximum atomic E-state index is 11.6. The molecule has 0 bridgehead atoms. The molecule has 2 N–H and O–H groups in total. The molecule has 0 saturated carbocycles. The highest BCUT2D eigenvalue weighted by molar-refractivity contribution is 5.90. The number of carbonyl (C=O) groups is 2. The Labute approximate surface area is 119 Å². The van der Waals surface area contributed by atoms with Crippen LogP contribution < -0.4 is 15.5 Å². The van der Waals surface area contributed by atoms with Gasteiger partial charge in [-0.2, -0.15) is 0 Å². The molecule has 1 aromatic carbocycles. The summed E-state index contributed by atoms with van der Waals surface area (Å²) in [5.74, 6) is 0. The van der Waals surface area contributed by atoms with Gasteiger partial charge in [0.2, 0.25) is 0 Å². The van der Waals surface area contributed by atoms with E-state index in [4.69, 9.17) is 4.74 Å². The van der Waals surface area contributed by atoms with Crippen LogP contribution in [0.5, 0.6) is 0 Å². The average Bonchev–Trinajstić information content (AvgIpc) is 2.38. The lowest BCUT2D eigenvalue weighted by Gasteiger charge is -2.17. The van der Waals surface area contributed by atoms with Crippen LogP contribution in [0.1, 0.15) is 20.8 Å². The van der Waals surface area contributed by atoms with Crippen LogP contribution in [-0.4, -0.2) is 31.8 Å². The zero-order valence-corrected chi connectivity index (χ0v) is 12.3. The summed E-state index contributed by atoms with van der Waals surface area (Å²) in [6.45, 7) is 5.86. The molecule has 0 heterocycles. The third-order valence-electron chi connectivity index (χ3n) is 2.47. The summed E-state index contributed by atoms with van der Waals surface area (Å²) >= 11 is 0. The standard InChI is InChI=1S/C14H21N3O3/c1-5-20-14(19)17(4)12-8-6-11(7-9-12)16-13(18)15-10(2)3/h6-10H,5H2,1-4H3,(H2,15,16,18). The van der Waals surface area contributed by atoms with Gasteiger partial charge >= 0.3 is 12.1 Å². The molecule has 6 heteroatoms. The molecule has 0 radical (unpaired) electrons. The van der Waals surface area contributed by atoms with E-state index in [1.54, 1.807) is 38.2 Å². The molecular formula is C14H21N3O3. The van der Waals surface area contributed by atoms with Gasteiger partial charge < -0.3 is 15.4 Å². The average molecular weight is 279 g/mol. The molecule has 0 spiro atoms. The van der Waals surface area contributed by atoms with Gasteiger partial charge in [-0.25, -0.2) is 9.59 Å². The van der Waals surface area contributed by atoms with Crippen molar-refractivity contribution >= 4 is 23.5 Å². The maximum absolute atomic E-state index is 11.6. The first-order valence-corrected chi connectivity index (χ1v) is 6.52. The molecule has 0 saturated heterocycles. The third-order valence-corrected chi connectivity index (χ3v) is 2.47. The molecule has 0 aliphatic heterocycles. The van der Waals surface area contributed by atoms with Crippen LogP contribution in [0.3, 0.4) is 0 Å². The number of nitrogens with one attached hydrogen (secondary N) is 2. The van der Waals surface area contributed by atoms with Crippen molar-refractivity contribution in [2.75, 3.05) is 23.9 Å². The van der Waals surface area contributed by atoms with Gasteiger partial charge in [-0.1, -0.05) is 0 Å². The minimum atomic E-state index is -0.411. The highest BCUT2D eigenvalue weighted by atomic mass is 16.6. The van der Waals surface area contributed by atoms with E-state index in [9.17, 15) is 9.59 Å². The van der Waals surface area contributed by atoms with Crippen molar-refractivity contribution < 1.29 is 14.3 Å². The normalized spacial score (nSPS) is 10.1. The van der Waals surface area contributed by atoms with Crippen LogP contribution in [0.2, 0.25) is 0 Å². The number of rotatable bonds is 4. The van der Waals surface area contributed by atoms with Crippen LogP contribution in [0.4, 0.5) is 21.0 Å². The highest BCUT2D eigenvalue weighted by Crippen LogP contribution is 2.17. The van der Waals surface area contributed by atoms with Gasteiger partial charge in [-0.05, 0) is 45.0 Å². The summed E-state index contributed by atoms with van der Waals surface area (Å²) in [7, 11) is 1.63. The van der Waals surface area contributed by atoms with E-state index in [0.29, 0.717) is 18.0 Å². The van der Waals surface area contributed by atoms with Crippen LogP contribution in [0, 0.1) is 0 Å². The van der Waals surface area contributed by atoms with Crippen LogP contribution in [-0.2, 0) is 4.74 Å². The highest BCUT2D eigenvalue weighted by Gasteiger charge is 2.11. The Morgan fingerprint density at radius 2 is 1.85 bits per heavy atom. The fraction of sp³-hybridized carbons (Fsp3) is 0.429. The Balaban J connectivity index is 2.64. The first-order chi connectivity index (χ1) is 9.43. The summed E-state index contributed by atoms with van der Waals surface area (Å²) in [6, 6.07) is 6.75. The Morgan fingerprint density at radius 3 is 2.35 bits per heavy atom. The molecular weight excluding hydrogens is 258 g/mol. The number of urea groups is 1. The second kappa shape index (κ2) is 7.37. The Kier molecular flexibility index (Phi) is 5.83. The van der Waals surface area contributed by atoms with E-state index in [1.165, 1.54) is 4.90 Å². The van der Waals surface area contributed by atoms with Gasteiger partial charge in [-0.3, -0.25) is 4.90 Å². The van der Waals surface area contributed by atoms with Gasteiger partial charge in [-0.15, -0.1) is 0 Å². The first kappa shape index (κ1) is 15.8. The number of nitrogens with zero attached hydrogens (tertiary/aromatic N) is 1. The van der Waals surface area contributed by atoms with Crippen molar-refractivity contribution in [1.82, 2.24) is 5.32 Å². The third kappa shape index (κ3) is 4.79. The van der Waals surface area contributed by atoms with Gasteiger partial charge in [0.1, 0.15) is 0 Å². The van der Waals surface area contributed by atoms with Crippen molar-refractivity contribution in [1.29, 1.82) is 0 Å². The molecule has 1 rings (SSSR count). The van der Waals surface area contributed by atoms with E-state index in [2.05, 4.69) is 10.6 Å². The summed E-state index contributed by atoms with van der Waals surface area (Å²) in [6.07, 6.45) is -0.411. The summed E-state index contributed by atoms with van der Waals surface area (Å²) in [5, 5.41) is 5.44. The van der Waals surface area contributed by atoms with Gasteiger partial charge in [0.15, 0.2) is 0 Å². The number of benzene rings is 1. The molecule has 0 atom stereocenters. The van der Waals surface area contributed by atoms with Crippen molar-refractivity contribution in [2.45, 2.75) is 26.8 Å². The lowest BCUT2D eigenvalue weighted by Crippen LogP contribution is -2.34. The van der Waals surface area contributed by atoms with Crippen molar-refractivity contribution in [3.05, 3.63) is 24.3 Å². The molecule has 20 heavy (non-hydrogen) atoms. The number of carbonyl (C=O) groups excluding carboxylic acids is 2. The smallest absolute Gasteiger partial charge is 0.413 e. The molecule has 0 unspecified atom stereocenters. The fourth-order valence-corrected chi connectivity index (χ4v) is 1.52. The molecule has 110 valence electrons. The topological polar surface area (TPSA) is 70.7 Å². The maximum Gasteiger partial charge on any atom is 0.413 e. The SMILES string of the molecule is CCOC(=O)N(C)c1ccc(NC(=O)NC(C)C)cc1. The number of ether oxygens (including phenoxy) is 1. The molecule has 1 aromatic rings. The van der Waals surface area contributed by atoms with Crippen LogP contribution in [0.15, 0.2) is 24.3 Å². The van der Waals surface area contributed by atoms with E-state index in [0.717, 1.165) is 0 Å². The van der Waals surface area contributed by atoms with Gasteiger partial charge in [0.25, 0.3) is 0 Å². The predicted octanol–water partition coefficient (Wildman–Crippen LogP) is 2.81. The van der Waals surface area contributed by atoms with Crippen LogP contribution >= 0.6 is 0 Å². The first-order valence-electron chi connectivity index (χ1n) is 6.52. The van der Waals surface area contributed by atoms with Gasteiger partial charge in [0.05, 0.1) is 6.61 Å². The van der Waals surface area contributed by atoms with Crippen LogP contribution in [0.25, 0.3) is 0 Å².